The number of carbonyl (C=O) groups is 2. The van der Waals surface area contributed by atoms with E-state index in [9.17, 15) is 9.59 Å². The van der Waals surface area contributed by atoms with Crippen molar-refractivity contribution in [3.05, 3.63) is 72.3 Å². The molecule has 3 aromatic heterocycles. The standard InChI is InChI=1S/C18H21N5.C4H4O4/c1-2-3-4-5-9-16-14-21-18-11-10-17(22-23(16)18)20-13-15-8-6-7-12-19-15;5-3(6)1-2-4(7)8/h5-12,14H,2-4,13H2,1H3,(H,20,22);1-2H,(H,5,6)(H,7,8). The molecule has 0 aliphatic heterocycles. The first-order valence-corrected chi connectivity index (χ1v) is 9.78. The molecule has 3 rings (SSSR count). The topological polar surface area (TPSA) is 130 Å². The average Bonchev–Trinajstić information content (AvgIpc) is 3.17. The highest BCUT2D eigenvalue weighted by molar-refractivity contribution is 5.89. The van der Waals surface area contributed by atoms with E-state index in [4.69, 9.17) is 10.2 Å². The van der Waals surface area contributed by atoms with Crippen LogP contribution in [0.5, 0.6) is 0 Å². The lowest BCUT2D eigenvalue weighted by atomic mass is 10.2. The van der Waals surface area contributed by atoms with Crippen LogP contribution in [0.2, 0.25) is 0 Å². The second-order valence-electron chi connectivity index (χ2n) is 6.40. The molecule has 0 atom stereocenters. The summed E-state index contributed by atoms with van der Waals surface area (Å²) in [5.41, 5.74) is 2.83. The highest BCUT2D eigenvalue weighted by Gasteiger charge is 2.03. The van der Waals surface area contributed by atoms with E-state index < -0.39 is 11.9 Å². The smallest absolute Gasteiger partial charge is 0.328 e. The molecule has 0 aliphatic carbocycles. The number of imidazole rings is 1. The summed E-state index contributed by atoms with van der Waals surface area (Å²) in [5.74, 6) is -1.70. The van der Waals surface area contributed by atoms with Crippen LogP contribution in [-0.4, -0.2) is 41.7 Å². The second-order valence-corrected chi connectivity index (χ2v) is 6.40. The quantitative estimate of drug-likeness (QED) is 0.351. The van der Waals surface area contributed by atoms with Gasteiger partial charge in [-0.3, -0.25) is 4.98 Å². The Labute approximate surface area is 179 Å². The summed E-state index contributed by atoms with van der Waals surface area (Å²) < 4.78 is 1.86. The Bertz CT molecular complexity index is 1030. The molecule has 0 unspecified atom stereocenters. The van der Waals surface area contributed by atoms with Crippen LogP contribution in [0, 0.1) is 0 Å². The first-order valence-electron chi connectivity index (χ1n) is 9.78. The fraction of sp³-hybridized carbons (Fsp3) is 0.227. The van der Waals surface area contributed by atoms with Gasteiger partial charge in [-0.25, -0.2) is 19.1 Å². The van der Waals surface area contributed by atoms with E-state index >= 15 is 0 Å². The number of anilines is 1. The molecule has 9 heteroatoms. The van der Waals surface area contributed by atoms with Gasteiger partial charge in [0.05, 0.1) is 24.1 Å². The van der Waals surface area contributed by atoms with Crippen LogP contribution < -0.4 is 5.32 Å². The van der Waals surface area contributed by atoms with E-state index in [0.717, 1.165) is 29.3 Å². The molecule has 3 heterocycles. The summed E-state index contributed by atoms with van der Waals surface area (Å²) in [6.07, 6.45) is 12.5. The molecule has 3 aromatic rings. The zero-order valence-corrected chi connectivity index (χ0v) is 17.2. The third-order valence-corrected chi connectivity index (χ3v) is 3.95. The van der Waals surface area contributed by atoms with Gasteiger partial charge in [-0.2, -0.15) is 0 Å². The highest BCUT2D eigenvalue weighted by Crippen LogP contribution is 2.12. The molecule has 0 spiro atoms. The van der Waals surface area contributed by atoms with Gasteiger partial charge >= 0.3 is 11.9 Å². The molecule has 31 heavy (non-hydrogen) atoms. The monoisotopic (exact) mass is 423 g/mol. The number of aromatic nitrogens is 4. The molecule has 9 nitrogen and oxygen atoms in total. The van der Waals surface area contributed by atoms with Crippen molar-refractivity contribution in [1.29, 1.82) is 0 Å². The first-order chi connectivity index (χ1) is 15.0. The number of carboxylic acids is 2. The Kier molecular flexibility index (Phi) is 9.41. The molecule has 0 radical (unpaired) electrons. The number of allylic oxidation sites excluding steroid dienone is 1. The predicted octanol–water partition coefficient (Wildman–Crippen LogP) is 3.65. The molecule has 0 saturated carbocycles. The number of nitrogens with one attached hydrogen (secondary N) is 1. The van der Waals surface area contributed by atoms with E-state index in [1.54, 1.807) is 6.20 Å². The van der Waals surface area contributed by atoms with Crippen molar-refractivity contribution in [1.82, 2.24) is 19.6 Å². The summed E-state index contributed by atoms with van der Waals surface area (Å²) in [5, 5.41) is 23.5. The SMILES string of the molecule is CCCCC=Cc1cnc2ccc(NCc3ccccn3)nn12.O=C(O)C=CC(=O)O. The van der Waals surface area contributed by atoms with Crippen LogP contribution in [0.3, 0.4) is 0 Å². The van der Waals surface area contributed by atoms with Gasteiger partial charge in [0.25, 0.3) is 0 Å². The van der Waals surface area contributed by atoms with Crippen LogP contribution in [0.1, 0.15) is 37.6 Å². The summed E-state index contributed by atoms with van der Waals surface area (Å²) in [6.45, 7) is 2.85. The molecule has 0 aromatic carbocycles. The Morgan fingerprint density at radius 3 is 2.52 bits per heavy atom. The zero-order valence-electron chi connectivity index (χ0n) is 17.2. The number of nitrogens with zero attached hydrogens (tertiary/aromatic N) is 4. The van der Waals surface area contributed by atoms with Crippen LogP contribution in [0.25, 0.3) is 11.7 Å². The number of carboxylic acid groups (broad SMARTS) is 2. The van der Waals surface area contributed by atoms with Gasteiger partial charge in [0.15, 0.2) is 5.65 Å². The molecule has 0 saturated heterocycles. The lowest BCUT2D eigenvalue weighted by molar-refractivity contribution is -0.134. The number of fused-ring (bicyclic) bond motifs is 1. The van der Waals surface area contributed by atoms with Crippen LogP contribution in [0.4, 0.5) is 5.82 Å². The van der Waals surface area contributed by atoms with Crippen molar-refractivity contribution in [3.63, 3.8) is 0 Å². The number of rotatable bonds is 9. The number of pyridine rings is 1. The van der Waals surface area contributed by atoms with Crippen molar-refractivity contribution in [2.45, 2.75) is 32.7 Å². The van der Waals surface area contributed by atoms with E-state index in [2.05, 4.69) is 39.5 Å². The van der Waals surface area contributed by atoms with Gasteiger partial charge < -0.3 is 15.5 Å². The normalized spacial score (nSPS) is 10.9. The van der Waals surface area contributed by atoms with Gasteiger partial charge in [0.1, 0.15) is 5.82 Å². The highest BCUT2D eigenvalue weighted by atomic mass is 16.4. The van der Waals surface area contributed by atoms with Crippen molar-refractivity contribution in [2.75, 3.05) is 5.32 Å². The van der Waals surface area contributed by atoms with E-state index in [1.807, 2.05) is 41.0 Å². The lowest BCUT2D eigenvalue weighted by Gasteiger charge is -2.05. The van der Waals surface area contributed by atoms with Crippen LogP contribution in [-0.2, 0) is 16.1 Å². The van der Waals surface area contributed by atoms with Gasteiger partial charge in [-0.05, 0) is 36.8 Å². The molecule has 162 valence electrons. The Morgan fingerprint density at radius 2 is 1.87 bits per heavy atom. The van der Waals surface area contributed by atoms with Crippen molar-refractivity contribution >= 4 is 29.5 Å². The summed E-state index contributed by atoms with van der Waals surface area (Å²) >= 11 is 0. The predicted molar refractivity (Wildman–Crippen MR) is 118 cm³/mol. The molecular formula is C22H25N5O4. The lowest BCUT2D eigenvalue weighted by Crippen LogP contribution is -2.05. The third kappa shape index (κ3) is 8.48. The Hall–Kier alpha value is -4.01. The fourth-order valence-electron chi connectivity index (χ4n) is 2.45. The maximum atomic E-state index is 9.55. The van der Waals surface area contributed by atoms with Gasteiger partial charge in [0.2, 0.25) is 0 Å². The Morgan fingerprint density at radius 1 is 1.10 bits per heavy atom. The van der Waals surface area contributed by atoms with E-state index in [1.165, 1.54) is 12.8 Å². The summed E-state index contributed by atoms with van der Waals surface area (Å²) in [7, 11) is 0. The second kappa shape index (κ2) is 12.5. The number of aliphatic carboxylic acids is 2. The molecular weight excluding hydrogens is 398 g/mol. The third-order valence-electron chi connectivity index (χ3n) is 3.95. The minimum Gasteiger partial charge on any atom is -0.478 e. The number of hydrogen-bond acceptors (Lipinski definition) is 6. The largest absolute Gasteiger partial charge is 0.478 e. The minimum atomic E-state index is -1.26. The number of hydrogen-bond donors (Lipinski definition) is 3. The van der Waals surface area contributed by atoms with E-state index in [-0.39, 0.29) is 0 Å². The maximum Gasteiger partial charge on any atom is 0.328 e. The molecule has 0 amide bonds. The minimum absolute atomic E-state index is 0.558. The van der Waals surface area contributed by atoms with Gasteiger partial charge in [0, 0.05) is 18.3 Å². The molecule has 0 aliphatic rings. The number of unbranched alkanes of at least 4 members (excludes halogenated alkanes) is 2. The van der Waals surface area contributed by atoms with Crippen molar-refractivity contribution in [3.8, 4) is 0 Å². The van der Waals surface area contributed by atoms with Gasteiger partial charge in [-0.15, -0.1) is 5.10 Å². The molecule has 0 bridgehead atoms. The first kappa shape index (κ1) is 23.3. The van der Waals surface area contributed by atoms with Crippen molar-refractivity contribution < 1.29 is 19.8 Å². The fourth-order valence-corrected chi connectivity index (χ4v) is 2.45. The maximum absolute atomic E-state index is 9.55. The van der Waals surface area contributed by atoms with E-state index in [0.29, 0.717) is 18.7 Å². The van der Waals surface area contributed by atoms with Crippen LogP contribution >= 0.6 is 0 Å². The summed E-state index contributed by atoms with van der Waals surface area (Å²) in [4.78, 5) is 27.8. The Balaban J connectivity index is 0.000000366. The summed E-state index contributed by atoms with van der Waals surface area (Å²) in [6, 6.07) is 9.80. The molecule has 0 fully saturated rings. The zero-order chi connectivity index (χ0) is 22.5. The molecule has 3 N–H and O–H groups in total. The van der Waals surface area contributed by atoms with Crippen LogP contribution in [0.15, 0.2) is 61.0 Å². The average molecular weight is 423 g/mol. The van der Waals surface area contributed by atoms with Gasteiger partial charge in [-0.1, -0.05) is 31.9 Å². The van der Waals surface area contributed by atoms with Crippen molar-refractivity contribution in [2.24, 2.45) is 0 Å².